The van der Waals surface area contributed by atoms with Gasteiger partial charge in [-0.3, -0.25) is 0 Å². The average Bonchev–Trinajstić information content (AvgIpc) is 2.56. The molecule has 1 radical (unpaired) electrons. The zero-order chi connectivity index (χ0) is 24.1. The summed E-state index contributed by atoms with van der Waals surface area (Å²) in [6.45, 7) is 15.2. The van der Waals surface area contributed by atoms with Gasteiger partial charge in [-0.05, 0) is 48.2 Å². The fourth-order valence-electron chi connectivity index (χ4n) is 2.71. The maximum absolute atomic E-state index is 12.9. The number of rotatable bonds is 5. The van der Waals surface area contributed by atoms with Gasteiger partial charge < -0.3 is 4.79 Å². The monoisotopic (exact) mass is 437 g/mol. The van der Waals surface area contributed by atoms with Gasteiger partial charge in [-0.2, -0.15) is 26.3 Å². The zero-order valence-corrected chi connectivity index (χ0v) is 18.9. The summed E-state index contributed by atoms with van der Waals surface area (Å²) >= 11 is 0. The van der Waals surface area contributed by atoms with E-state index in [1.807, 2.05) is 0 Å². The average molecular weight is 437 g/mol. The second kappa shape index (κ2) is 10.7. The predicted molar refractivity (Wildman–Crippen MR) is 109 cm³/mol. The second-order valence-corrected chi connectivity index (χ2v) is 9.09. The molecule has 2 unspecified atom stereocenters. The van der Waals surface area contributed by atoms with Crippen molar-refractivity contribution in [3.63, 3.8) is 0 Å². The normalized spacial score (nSPS) is 14.6. The van der Waals surface area contributed by atoms with Gasteiger partial charge in [0.2, 0.25) is 7.28 Å². The number of hydrogen-bond donors (Lipinski definition) is 0. The molecule has 0 saturated carbocycles. The van der Waals surface area contributed by atoms with Crippen LogP contribution in [0.1, 0.15) is 84.3 Å². The molecule has 1 aromatic carbocycles. The van der Waals surface area contributed by atoms with Crippen molar-refractivity contribution >= 4 is 13.0 Å². The van der Waals surface area contributed by atoms with Crippen molar-refractivity contribution in [1.29, 1.82) is 0 Å². The Balaban J connectivity index is 0.00000103. The predicted octanol–water partition coefficient (Wildman–Crippen LogP) is 7.75. The Labute approximate surface area is 176 Å². The molecule has 1 nitrogen and oxygen atoms in total. The number of hydrogen-bond acceptors (Lipinski definition) is 1. The van der Waals surface area contributed by atoms with Crippen LogP contribution < -0.4 is 0 Å². The molecule has 0 amide bonds. The van der Waals surface area contributed by atoms with E-state index < -0.39 is 40.4 Å². The van der Waals surface area contributed by atoms with Crippen molar-refractivity contribution in [2.45, 2.75) is 80.0 Å². The first-order valence-electron chi connectivity index (χ1n) is 9.95. The minimum absolute atomic E-state index is 0.0803. The Kier molecular flexibility index (Phi) is 10.2. The molecule has 0 spiro atoms. The smallest absolute Gasteiger partial charge is 0.312 e. The highest BCUT2D eigenvalue weighted by Crippen LogP contribution is 2.41. The van der Waals surface area contributed by atoms with Gasteiger partial charge in [0.25, 0.3) is 0 Å². The lowest BCUT2D eigenvalue weighted by Gasteiger charge is -2.31. The summed E-state index contributed by atoms with van der Waals surface area (Å²) < 4.78 is 77.5. The standard InChI is InChI=1S/C15H16BF6O.C7H16/c1-8(23)16-12(13(2,3)4)9-5-10(14(17,18)19)7-11(6-9)15(20,21)22;1-5-7(4)6(2)3/h5-7,12H,1-4H3;6-7H,5H2,1-4H3. The molecule has 1 rings (SSSR count). The van der Waals surface area contributed by atoms with Gasteiger partial charge in [0.05, 0.1) is 16.8 Å². The highest BCUT2D eigenvalue weighted by atomic mass is 19.4. The Morgan fingerprint density at radius 2 is 1.30 bits per heavy atom. The SMILES string of the molecule is CC(=O)[B]C(c1cc(C(F)(F)F)cc(C(F)(F)F)c1)C(C)(C)C.CCC(C)C(C)C. The van der Waals surface area contributed by atoms with E-state index in [2.05, 4.69) is 27.7 Å². The second-order valence-electron chi connectivity index (χ2n) is 9.09. The summed E-state index contributed by atoms with van der Waals surface area (Å²) in [7, 11) is 1.15. The van der Waals surface area contributed by atoms with Crippen LogP contribution in [0.15, 0.2) is 18.2 Å². The van der Waals surface area contributed by atoms with Crippen molar-refractivity contribution in [3.8, 4) is 0 Å². The van der Waals surface area contributed by atoms with E-state index in [-0.39, 0.29) is 11.6 Å². The molecular formula is C22H32BF6O. The van der Waals surface area contributed by atoms with Crippen molar-refractivity contribution in [1.82, 2.24) is 0 Å². The Morgan fingerprint density at radius 3 is 1.50 bits per heavy atom. The van der Waals surface area contributed by atoms with E-state index in [0.29, 0.717) is 12.1 Å². The molecule has 2 atom stereocenters. The topological polar surface area (TPSA) is 17.1 Å². The first-order valence-corrected chi connectivity index (χ1v) is 9.95. The van der Waals surface area contributed by atoms with Crippen molar-refractivity contribution in [3.05, 3.63) is 34.9 Å². The Bertz CT molecular complexity index is 654. The lowest BCUT2D eigenvalue weighted by molar-refractivity contribution is -0.143. The lowest BCUT2D eigenvalue weighted by Crippen LogP contribution is -2.29. The summed E-state index contributed by atoms with van der Waals surface area (Å²) in [5, 5.41) is 0. The molecule has 1 aromatic rings. The molecule has 0 aliphatic carbocycles. The maximum atomic E-state index is 12.9. The van der Waals surface area contributed by atoms with E-state index in [0.717, 1.165) is 19.1 Å². The van der Waals surface area contributed by atoms with Gasteiger partial charge in [-0.25, -0.2) is 0 Å². The summed E-state index contributed by atoms with van der Waals surface area (Å²) in [5.74, 6) is 0.897. The highest BCUT2D eigenvalue weighted by molar-refractivity contribution is 6.74. The number of halogens is 6. The number of carbonyl (C=O) groups is 1. The molecule has 30 heavy (non-hydrogen) atoms. The lowest BCUT2D eigenvalue weighted by atomic mass is 9.50. The van der Waals surface area contributed by atoms with Gasteiger partial charge in [0, 0.05) is 0 Å². The first kappa shape index (κ1) is 28.5. The largest absolute Gasteiger partial charge is 0.416 e. The Hall–Kier alpha value is -1.47. The maximum Gasteiger partial charge on any atom is 0.416 e. The summed E-state index contributed by atoms with van der Waals surface area (Å²) in [5.41, 5.74) is -4.09. The third kappa shape index (κ3) is 9.56. The summed E-state index contributed by atoms with van der Waals surface area (Å²) in [6.07, 6.45) is -8.50. The fraction of sp³-hybridized carbons (Fsp3) is 0.682. The van der Waals surface area contributed by atoms with E-state index in [4.69, 9.17) is 0 Å². The third-order valence-electron chi connectivity index (χ3n) is 5.09. The quantitative estimate of drug-likeness (QED) is 0.340. The van der Waals surface area contributed by atoms with Crippen LogP contribution >= 0.6 is 0 Å². The van der Waals surface area contributed by atoms with Crippen LogP contribution in [-0.4, -0.2) is 13.0 Å². The molecule has 171 valence electrons. The van der Waals surface area contributed by atoms with Gasteiger partial charge in [0.1, 0.15) is 0 Å². The number of carbonyl (C=O) groups excluding carboxylic acids is 1. The van der Waals surface area contributed by atoms with Crippen LogP contribution in [0.3, 0.4) is 0 Å². The third-order valence-corrected chi connectivity index (χ3v) is 5.09. The van der Waals surface area contributed by atoms with Crippen LogP contribution in [0.4, 0.5) is 26.3 Å². The van der Waals surface area contributed by atoms with E-state index in [1.54, 1.807) is 20.8 Å². The van der Waals surface area contributed by atoms with Gasteiger partial charge in [0.15, 0.2) is 0 Å². The summed E-state index contributed by atoms with van der Waals surface area (Å²) in [6, 6.07) is 1.42. The van der Waals surface area contributed by atoms with Crippen LogP contribution in [0.2, 0.25) is 0 Å². The molecule has 0 N–H and O–H groups in total. The first-order chi connectivity index (χ1) is 13.3. The molecule has 0 bridgehead atoms. The molecule has 8 heteroatoms. The van der Waals surface area contributed by atoms with Gasteiger partial charge >= 0.3 is 12.4 Å². The van der Waals surface area contributed by atoms with Gasteiger partial charge in [-0.1, -0.05) is 60.5 Å². The molecule has 0 aliphatic heterocycles. The minimum Gasteiger partial charge on any atom is -0.312 e. The number of benzene rings is 1. The highest BCUT2D eigenvalue weighted by Gasteiger charge is 2.39. The van der Waals surface area contributed by atoms with Crippen LogP contribution in [0.25, 0.3) is 0 Å². The molecular weight excluding hydrogens is 405 g/mol. The van der Waals surface area contributed by atoms with E-state index in [9.17, 15) is 31.1 Å². The molecule has 0 heterocycles. The van der Waals surface area contributed by atoms with Crippen molar-refractivity contribution in [2.24, 2.45) is 17.3 Å². The molecule has 0 saturated heterocycles. The zero-order valence-electron chi connectivity index (χ0n) is 18.9. The summed E-state index contributed by atoms with van der Waals surface area (Å²) in [4.78, 5) is 11.3. The molecule has 0 fully saturated rings. The Morgan fingerprint density at radius 1 is 0.900 bits per heavy atom. The van der Waals surface area contributed by atoms with Crippen LogP contribution in [0.5, 0.6) is 0 Å². The van der Waals surface area contributed by atoms with Gasteiger partial charge in [-0.15, -0.1) is 0 Å². The van der Waals surface area contributed by atoms with Crippen LogP contribution in [-0.2, 0) is 17.1 Å². The molecule has 0 aliphatic rings. The van der Waals surface area contributed by atoms with E-state index in [1.165, 1.54) is 13.3 Å². The van der Waals surface area contributed by atoms with Crippen LogP contribution in [0, 0.1) is 17.3 Å². The fourth-order valence-corrected chi connectivity index (χ4v) is 2.71. The minimum atomic E-state index is -4.91. The van der Waals surface area contributed by atoms with Crippen molar-refractivity contribution in [2.75, 3.05) is 0 Å². The molecule has 0 aromatic heterocycles. The number of alkyl halides is 6. The van der Waals surface area contributed by atoms with Crippen molar-refractivity contribution < 1.29 is 31.1 Å². The van der Waals surface area contributed by atoms with E-state index >= 15 is 0 Å².